The van der Waals surface area contributed by atoms with Crippen LogP contribution in [0.2, 0.25) is 0 Å². The molecule has 2 rings (SSSR count). The van der Waals surface area contributed by atoms with E-state index in [0.29, 0.717) is 6.42 Å². The van der Waals surface area contributed by atoms with Gasteiger partial charge in [0.15, 0.2) is 5.78 Å². The van der Waals surface area contributed by atoms with Gasteiger partial charge in [-0.2, -0.15) is 5.26 Å². The lowest BCUT2D eigenvalue weighted by atomic mass is 10.0. The van der Waals surface area contributed by atoms with Crippen LogP contribution in [-0.4, -0.2) is 32.5 Å². The van der Waals surface area contributed by atoms with E-state index in [2.05, 4.69) is 15.4 Å². The quantitative estimate of drug-likeness (QED) is 0.835. The predicted octanol–water partition coefficient (Wildman–Crippen LogP) is 0.466. The van der Waals surface area contributed by atoms with E-state index in [1.165, 1.54) is 17.9 Å². The van der Waals surface area contributed by atoms with E-state index in [1.807, 2.05) is 30.3 Å². The number of hydrogen-bond donors (Lipinski definition) is 1. The number of carbonyl (C=O) groups excluding carboxylic acids is 2. The van der Waals surface area contributed by atoms with Crippen LogP contribution in [0.15, 0.2) is 36.7 Å². The molecule has 0 saturated heterocycles. The van der Waals surface area contributed by atoms with Crippen molar-refractivity contribution in [2.45, 2.75) is 25.9 Å². The van der Waals surface area contributed by atoms with Crippen molar-refractivity contribution in [2.24, 2.45) is 0 Å². The minimum absolute atomic E-state index is 0.000188. The molecule has 2 aromatic rings. The number of nitrogens with one attached hydrogen (secondary N) is 1. The van der Waals surface area contributed by atoms with Crippen LogP contribution in [0.1, 0.15) is 18.3 Å². The molecular weight excluding hydrogens is 282 g/mol. The van der Waals surface area contributed by atoms with Crippen molar-refractivity contribution in [2.75, 3.05) is 0 Å². The summed E-state index contributed by atoms with van der Waals surface area (Å²) in [6.45, 7) is 1.35. The molecule has 1 amide bonds. The van der Waals surface area contributed by atoms with Gasteiger partial charge in [-0.25, -0.2) is 9.67 Å². The zero-order chi connectivity index (χ0) is 15.9. The van der Waals surface area contributed by atoms with Crippen LogP contribution >= 0.6 is 0 Å². The standard InChI is InChI=1S/C15H15N5O2/c1-11(21)13(7-12-5-3-2-4-6-12)18-15(22)9-20-10-17-14(8-16)19-20/h2-6,10,13H,7,9H2,1H3,(H,18,22). The minimum Gasteiger partial charge on any atom is -0.344 e. The molecule has 0 spiro atoms. The second-order valence-electron chi connectivity index (χ2n) is 4.80. The zero-order valence-corrected chi connectivity index (χ0v) is 12.1. The average Bonchev–Trinajstić information content (AvgIpc) is 2.95. The largest absolute Gasteiger partial charge is 0.344 e. The summed E-state index contributed by atoms with van der Waals surface area (Å²) in [6.07, 6.45) is 1.74. The van der Waals surface area contributed by atoms with Crippen molar-refractivity contribution in [3.63, 3.8) is 0 Å². The fourth-order valence-corrected chi connectivity index (χ4v) is 1.96. The van der Waals surface area contributed by atoms with Crippen LogP contribution in [0.25, 0.3) is 0 Å². The predicted molar refractivity (Wildman–Crippen MR) is 77.5 cm³/mol. The Morgan fingerprint density at radius 1 is 1.36 bits per heavy atom. The molecule has 0 aliphatic carbocycles. The second kappa shape index (κ2) is 7.13. The third kappa shape index (κ3) is 4.24. The molecule has 112 valence electrons. The molecule has 7 heteroatoms. The number of rotatable bonds is 6. The number of aromatic nitrogens is 3. The Kier molecular flexibility index (Phi) is 4.98. The molecule has 1 unspecified atom stereocenters. The first-order chi connectivity index (χ1) is 10.6. The Morgan fingerprint density at radius 2 is 2.09 bits per heavy atom. The van der Waals surface area contributed by atoms with Crippen LogP contribution < -0.4 is 5.32 Å². The number of nitriles is 1. The van der Waals surface area contributed by atoms with Gasteiger partial charge in [0.05, 0.1) is 6.04 Å². The topological polar surface area (TPSA) is 101 Å². The summed E-state index contributed by atoms with van der Waals surface area (Å²) in [5.41, 5.74) is 0.968. The molecule has 1 aromatic heterocycles. The number of hydrogen-bond acceptors (Lipinski definition) is 5. The summed E-state index contributed by atoms with van der Waals surface area (Å²) in [7, 11) is 0. The lowest BCUT2D eigenvalue weighted by Gasteiger charge is -2.16. The van der Waals surface area contributed by atoms with Crippen LogP contribution in [0.3, 0.4) is 0 Å². The van der Waals surface area contributed by atoms with E-state index in [-0.39, 0.29) is 24.1 Å². The molecule has 0 aliphatic heterocycles. The Balaban J connectivity index is 1.97. The maximum atomic E-state index is 12.0. The normalized spacial score (nSPS) is 11.5. The molecule has 0 aliphatic rings. The molecule has 0 bridgehead atoms. The van der Waals surface area contributed by atoms with Gasteiger partial charge in [0.2, 0.25) is 5.91 Å². The highest BCUT2D eigenvalue weighted by Gasteiger charge is 2.18. The third-order valence-electron chi connectivity index (χ3n) is 3.05. The Hall–Kier alpha value is -3.01. The Labute approximate surface area is 127 Å². The van der Waals surface area contributed by atoms with Gasteiger partial charge < -0.3 is 5.32 Å². The van der Waals surface area contributed by atoms with Crippen molar-refractivity contribution >= 4 is 11.7 Å². The Bertz CT molecular complexity index is 702. The highest BCUT2D eigenvalue weighted by Crippen LogP contribution is 2.04. The molecule has 22 heavy (non-hydrogen) atoms. The van der Waals surface area contributed by atoms with Crippen LogP contribution in [0, 0.1) is 11.3 Å². The lowest BCUT2D eigenvalue weighted by molar-refractivity contribution is -0.127. The molecule has 1 N–H and O–H groups in total. The Morgan fingerprint density at radius 3 is 2.68 bits per heavy atom. The fraction of sp³-hybridized carbons (Fsp3) is 0.267. The van der Waals surface area contributed by atoms with Gasteiger partial charge in [-0.3, -0.25) is 9.59 Å². The van der Waals surface area contributed by atoms with Crippen molar-refractivity contribution in [1.29, 1.82) is 5.26 Å². The lowest BCUT2D eigenvalue weighted by Crippen LogP contribution is -2.42. The van der Waals surface area contributed by atoms with Gasteiger partial charge in [-0.1, -0.05) is 30.3 Å². The van der Waals surface area contributed by atoms with Crippen molar-refractivity contribution < 1.29 is 9.59 Å². The minimum atomic E-state index is -0.589. The highest BCUT2D eigenvalue weighted by molar-refractivity contribution is 5.87. The van der Waals surface area contributed by atoms with Crippen molar-refractivity contribution in [1.82, 2.24) is 20.1 Å². The highest BCUT2D eigenvalue weighted by atomic mass is 16.2. The molecule has 1 atom stereocenters. The number of Topliss-reactive ketones (excluding diaryl/α,β-unsaturated/α-hetero) is 1. The van der Waals surface area contributed by atoms with Gasteiger partial charge in [0.25, 0.3) is 5.82 Å². The number of carbonyl (C=O) groups is 2. The van der Waals surface area contributed by atoms with E-state index in [1.54, 1.807) is 6.07 Å². The fourth-order valence-electron chi connectivity index (χ4n) is 1.96. The molecule has 0 fully saturated rings. The summed E-state index contributed by atoms with van der Waals surface area (Å²) >= 11 is 0. The smallest absolute Gasteiger partial charge is 0.252 e. The number of amides is 1. The SMILES string of the molecule is CC(=O)C(Cc1ccccc1)NC(=O)Cn1cnc(C#N)n1. The van der Waals surface area contributed by atoms with E-state index in [9.17, 15) is 9.59 Å². The summed E-state index contributed by atoms with van der Waals surface area (Å²) in [4.78, 5) is 27.4. The number of nitrogens with zero attached hydrogens (tertiary/aromatic N) is 4. The second-order valence-corrected chi connectivity index (χ2v) is 4.80. The maximum Gasteiger partial charge on any atom is 0.252 e. The first-order valence-electron chi connectivity index (χ1n) is 6.72. The first-order valence-corrected chi connectivity index (χ1v) is 6.72. The molecule has 1 aromatic carbocycles. The summed E-state index contributed by atoms with van der Waals surface area (Å²) in [6, 6.07) is 10.7. The van der Waals surface area contributed by atoms with Crippen LogP contribution in [-0.2, 0) is 22.6 Å². The zero-order valence-electron chi connectivity index (χ0n) is 12.1. The van der Waals surface area contributed by atoms with E-state index in [4.69, 9.17) is 5.26 Å². The van der Waals surface area contributed by atoms with Crippen molar-refractivity contribution in [3.05, 3.63) is 48.0 Å². The van der Waals surface area contributed by atoms with Gasteiger partial charge >= 0.3 is 0 Å². The van der Waals surface area contributed by atoms with E-state index >= 15 is 0 Å². The average molecular weight is 297 g/mol. The third-order valence-corrected chi connectivity index (χ3v) is 3.05. The molecule has 0 radical (unpaired) electrons. The monoisotopic (exact) mass is 297 g/mol. The number of ketones is 1. The molecular formula is C15H15N5O2. The van der Waals surface area contributed by atoms with Gasteiger partial charge in [0, 0.05) is 0 Å². The van der Waals surface area contributed by atoms with Crippen LogP contribution in [0.4, 0.5) is 0 Å². The van der Waals surface area contributed by atoms with Crippen molar-refractivity contribution in [3.8, 4) is 6.07 Å². The van der Waals surface area contributed by atoms with E-state index < -0.39 is 6.04 Å². The molecule has 7 nitrogen and oxygen atoms in total. The maximum absolute atomic E-state index is 12.0. The summed E-state index contributed by atoms with van der Waals surface area (Å²) in [5, 5.41) is 15.1. The number of benzene rings is 1. The van der Waals surface area contributed by atoms with Gasteiger partial charge in [-0.15, -0.1) is 5.10 Å². The summed E-state index contributed by atoms with van der Waals surface area (Å²) in [5.74, 6) is -0.473. The van der Waals surface area contributed by atoms with Crippen LogP contribution in [0.5, 0.6) is 0 Å². The van der Waals surface area contributed by atoms with Gasteiger partial charge in [-0.05, 0) is 18.9 Å². The first kappa shape index (κ1) is 15.4. The summed E-state index contributed by atoms with van der Waals surface area (Å²) < 4.78 is 1.26. The molecule has 0 saturated carbocycles. The van der Waals surface area contributed by atoms with E-state index in [0.717, 1.165) is 5.56 Å². The van der Waals surface area contributed by atoms with Gasteiger partial charge in [0.1, 0.15) is 18.9 Å². The molecule has 1 heterocycles.